The van der Waals surface area contributed by atoms with Crippen LogP contribution in [0.25, 0.3) is 0 Å². The molecule has 0 aliphatic heterocycles. The first kappa shape index (κ1) is 12.6. The van der Waals surface area contributed by atoms with Crippen molar-refractivity contribution in [3.8, 4) is 0 Å². The summed E-state index contributed by atoms with van der Waals surface area (Å²) < 4.78 is 6.98. The second-order valence-corrected chi connectivity index (χ2v) is 4.01. The van der Waals surface area contributed by atoms with E-state index in [9.17, 15) is 4.79 Å². The number of aromatic nitrogens is 3. The molecule has 0 bridgehead atoms. The molecule has 0 spiro atoms. The molecule has 0 atom stereocenters. The summed E-state index contributed by atoms with van der Waals surface area (Å²) in [6.45, 7) is 6.05. The smallest absolute Gasteiger partial charge is 0.309 e. The van der Waals surface area contributed by atoms with E-state index < -0.39 is 5.97 Å². The first-order valence-electron chi connectivity index (χ1n) is 5.26. The topological polar surface area (TPSA) is 77.2 Å². The van der Waals surface area contributed by atoms with Crippen LogP contribution in [0.5, 0.6) is 0 Å². The third-order valence-corrected chi connectivity index (χ3v) is 1.83. The van der Waals surface area contributed by atoms with Gasteiger partial charge in [-0.15, -0.1) is 5.10 Å². The molecule has 6 nitrogen and oxygen atoms in total. The molecule has 90 valence electrons. The van der Waals surface area contributed by atoms with Gasteiger partial charge in [-0.25, -0.2) is 4.68 Å². The van der Waals surface area contributed by atoms with Crippen molar-refractivity contribution in [3.05, 3.63) is 11.9 Å². The van der Waals surface area contributed by atoms with Crippen LogP contribution in [-0.2, 0) is 22.5 Å². The minimum absolute atomic E-state index is 0.0904. The van der Waals surface area contributed by atoms with Gasteiger partial charge in [0.05, 0.1) is 25.3 Å². The van der Waals surface area contributed by atoms with E-state index in [1.54, 1.807) is 10.9 Å². The maximum atomic E-state index is 10.4. The van der Waals surface area contributed by atoms with Gasteiger partial charge in [0.2, 0.25) is 0 Å². The van der Waals surface area contributed by atoms with E-state index in [2.05, 4.69) is 24.2 Å². The highest BCUT2D eigenvalue weighted by Crippen LogP contribution is 1.96. The second kappa shape index (κ2) is 6.22. The molecule has 6 heteroatoms. The Morgan fingerprint density at radius 2 is 2.38 bits per heavy atom. The van der Waals surface area contributed by atoms with Gasteiger partial charge in [0.15, 0.2) is 0 Å². The van der Waals surface area contributed by atoms with E-state index in [0.29, 0.717) is 24.8 Å². The zero-order valence-corrected chi connectivity index (χ0v) is 9.59. The monoisotopic (exact) mass is 227 g/mol. The minimum Gasteiger partial charge on any atom is -0.481 e. The van der Waals surface area contributed by atoms with Gasteiger partial charge in [0.1, 0.15) is 0 Å². The quantitative estimate of drug-likeness (QED) is 0.689. The molecule has 0 fully saturated rings. The van der Waals surface area contributed by atoms with Crippen molar-refractivity contribution < 1.29 is 14.6 Å². The van der Waals surface area contributed by atoms with Crippen LogP contribution in [0.4, 0.5) is 0 Å². The number of rotatable bonds is 7. The highest BCUT2D eigenvalue weighted by molar-refractivity contribution is 5.69. The van der Waals surface area contributed by atoms with E-state index in [0.717, 1.165) is 6.61 Å². The Hall–Kier alpha value is -1.43. The standard InChI is InChI=1S/C10H17N3O3/c1-8(2)7-16-4-3-13-6-9(11-12-13)5-10(14)15/h6,8H,3-5,7H2,1-2H3,(H,14,15). The predicted molar refractivity (Wildman–Crippen MR) is 57.0 cm³/mol. The molecular weight excluding hydrogens is 210 g/mol. The van der Waals surface area contributed by atoms with Gasteiger partial charge in [-0.3, -0.25) is 4.79 Å². The number of carboxylic acids is 1. The lowest BCUT2D eigenvalue weighted by Gasteiger charge is -2.05. The molecule has 0 saturated heterocycles. The first-order valence-corrected chi connectivity index (χ1v) is 5.26. The van der Waals surface area contributed by atoms with E-state index in [1.165, 1.54) is 0 Å². The van der Waals surface area contributed by atoms with E-state index in [4.69, 9.17) is 9.84 Å². The third-order valence-electron chi connectivity index (χ3n) is 1.83. The van der Waals surface area contributed by atoms with Gasteiger partial charge in [-0.1, -0.05) is 19.1 Å². The summed E-state index contributed by atoms with van der Waals surface area (Å²) in [5, 5.41) is 16.1. The Labute approximate surface area is 94.2 Å². The SMILES string of the molecule is CC(C)COCCn1cc(CC(=O)O)nn1. The lowest BCUT2D eigenvalue weighted by Crippen LogP contribution is -2.09. The number of nitrogens with zero attached hydrogens (tertiary/aromatic N) is 3. The summed E-state index contributed by atoms with van der Waals surface area (Å²) in [6.07, 6.45) is 1.54. The molecule has 0 unspecified atom stereocenters. The molecule has 1 aromatic rings. The van der Waals surface area contributed by atoms with Crippen molar-refractivity contribution in [1.29, 1.82) is 0 Å². The average Bonchev–Trinajstić information content (AvgIpc) is 2.59. The summed E-state index contributed by atoms with van der Waals surface area (Å²) in [6, 6.07) is 0. The maximum Gasteiger partial charge on any atom is 0.309 e. The van der Waals surface area contributed by atoms with Crippen LogP contribution in [0.2, 0.25) is 0 Å². The average molecular weight is 227 g/mol. The van der Waals surface area contributed by atoms with Crippen molar-refractivity contribution in [1.82, 2.24) is 15.0 Å². The highest BCUT2D eigenvalue weighted by atomic mass is 16.5. The normalized spacial score (nSPS) is 10.9. The number of ether oxygens (including phenoxy) is 1. The molecule has 0 saturated carbocycles. The number of carbonyl (C=O) groups is 1. The largest absolute Gasteiger partial charge is 0.481 e. The van der Waals surface area contributed by atoms with Crippen LogP contribution in [-0.4, -0.2) is 39.3 Å². The van der Waals surface area contributed by atoms with Gasteiger partial charge < -0.3 is 9.84 Å². The zero-order valence-electron chi connectivity index (χ0n) is 9.59. The number of hydrogen-bond acceptors (Lipinski definition) is 4. The predicted octanol–water partition coefficient (Wildman–Crippen LogP) is 0.578. The number of aliphatic carboxylic acids is 1. The van der Waals surface area contributed by atoms with Crippen LogP contribution in [0.15, 0.2) is 6.20 Å². The van der Waals surface area contributed by atoms with Crippen LogP contribution in [0.1, 0.15) is 19.5 Å². The Bertz CT molecular complexity index is 336. The van der Waals surface area contributed by atoms with Crippen LogP contribution in [0, 0.1) is 5.92 Å². The van der Waals surface area contributed by atoms with Gasteiger partial charge in [-0.05, 0) is 5.92 Å². The van der Waals surface area contributed by atoms with Gasteiger partial charge in [0.25, 0.3) is 0 Å². The van der Waals surface area contributed by atoms with E-state index >= 15 is 0 Å². The van der Waals surface area contributed by atoms with Gasteiger partial charge >= 0.3 is 5.97 Å². The molecule has 1 heterocycles. The van der Waals surface area contributed by atoms with Crippen molar-refractivity contribution >= 4 is 5.97 Å². The molecule has 0 radical (unpaired) electrons. The van der Waals surface area contributed by atoms with Crippen LogP contribution >= 0.6 is 0 Å². The Morgan fingerprint density at radius 3 is 3.00 bits per heavy atom. The van der Waals surface area contributed by atoms with E-state index in [1.807, 2.05) is 0 Å². The summed E-state index contributed by atoms with van der Waals surface area (Å²) in [4.78, 5) is 10.4. The summed E-state index contributed by atoms with van der Waals surface area (Å²) in [5.74, 6) is -0.388. The Kier molecular flexibility index (Phi) is 4.91. The van der Waals surface area contributed by atoms with Crippen molar-refractivity contribution in [2.75, 3.05) is 13.2 Å². The highest BCUT2D eigenvalue weighted by Gasteiger charge is 2.05. The van der Waals surface area contributed by atoms with Gasteiger partial charge in [-0.2, -0.15) is 0 Å². The molecule has 1 rings (SSSR count). The molecule has 0 aliphatic carbocycles. The fraction of sp³-hybridized carbons (Fsp3) is 0.700. The first-order chi connectivity index (χ1) is 7.58. The summed E-state index contributed by atoms with van der Waals surface area (Å²) in [5.41, 5.74) is 0.469. The fourth-order valence-electron chi connectivity index (χ4n) is 1.16. The molecule has 0 amide bonds. The maximum absolute atomic E-state index is 10.4. The number of hydrogen-bond donors (Lipinski definition) is 1. The van der Waals surface area contributed by atoms with Crippen LogP contribution < -0.4 is 0 Å². The van der Waals surface area contributed by atoms with Crippen LogP contribution in [0.3, 0.4) is 0 Å². The molecular formula is C10H17N3O3. The lowest BCUT2D eigenvalue weighted by atomic mass is 10.2. The fourth-order valence-corrected chi connectivity index (χ4v) is 1.16. The minimum atomic E-state index is -0.900. The Balaban J connectivity index is 2.26. The van der Waals surface area contributed by atoms with E-state index in [-0.39, 0.29) is 6.42 Å². The third kappa shape index (κ3) is 4.88. The summed E-state index contributed by atoms with van der Waals surface area (Å²) in [7, 11) is 0. The van der Waals surface area contributed by atoms with Crippen molar-refractivity contribution in [2.24, 2.45) is 5.92 Å². The van der Waals surface area contributed by atoms with Crippen molar-refractivity contribution in [3.63, 3.8) is 0 Å². The lowest BCUT2D eigenvalue weighted by molar-refractivity contribution is -0.136. The molecule has 1 N–H and O–H groups in total. The summed E-state index contributed by atoms with van der Waals surface area (Å²) >= 11 is 0. The zero-order chi connectivity index (χ0) is 12.0. The Morgan fingerprint density at radius 1 is 1.62 bits per heavy atom. The molecule has 0 aromatic carbocycles. The molecule has 16 heavy (non-hydrogen) atoms. The molecule has 0 aliphatic rings. The second-order valence-electron chi connectivity index (χ2n) is 4.01. The van der Waals surface area contributed by atoms with Gasteiger partial charge in [0, 0.05) is 12.8 Å². The van der Waals surface area contributed by atoms with Crippen molar-refractivity contribution in [2.45, 2.75) is 26.8 Å². The molecule has 1 aromatic heterocycles. The number of carboxylic acid groups (broad SMARTS) is 1.